The maximum Gasteiger partial charge on any atom is 1.00 e. The minimum absolute atomic E-state index is 0. The van der Waals surface area contributed by atoms with Gasteiger partial charge in [0.1, 0.15) is 0 Å². The third-order valence-electron chi connectivity index (χ3n) is 4.21. The Balaban J connectivity index is 0. The zero-order valence-electron chi connectivity index (χ0n) is 15.4. The quantitative estimate of drug-likeness (QED) is 0.272. The fourth-order valence-electron chi connectivity index (χ4n) is 2.75. The van der Waals surface area contributed by atoms with Crippen LogP contribution in [0.25, 0.3) is 0 Å². The summed E-state index contributed by atoms with van der Waals surface area (Å²) in [7, 11) is -4.29. The Hall–Kier alpha value is 0.870. The summed E-state index contributed by atoms with van der Waals surface area (Å²) in [5, 5.41) is 9.03. The van der Waals surface area contributed by atoms with Gasteiger partial charge in [0.2, 0.25) is 0 Å². The first kappa shape index (κ1) is 26.1. The van der Waals surface area contributed by atoms with Crippen LogP contribution >= 0.6 is 0 Å². The SMILES string of the molecule is CCCCCCCCCCC(O)CC(CCCC)S(=O)(=O)[O-].[Na+]. The fourth-order valence-corrected chi connectivity index (χ4v) is 3.66. The van der Waals surface area contributed by atoms with E-state index in [-0.39, 0.29) is 36.0 Å². The van der Waals surface area contributed by atoms with Crippen molar-refractivity contribution >= 4 is 10.1 Å². The van der Waals surface area contributed by atoms with Crippen molar-refractivity contribution in [1.82, 2.24) is 0 Å². The van der Waals surface area contributed by atoms with Gasteiger partial charge in [0.25, 0.3) is 0 Å². The van der Waals surface area contributed by atoms with E-state index in [4.69, 9.17) is 0 Å². The summed E-state index contributed by atoms with van der Waals surface area (Å²) >= 11 is 0. The minimum atomic E-state index is -4.29. The van der Waals surface area contributed by atoms with Crippen molar-refractivity contribution in [2.45, 2.75) is 109 Å². The van der Waals surface area contributed by atoms with Crippen LogP contribution in [0, 0.1) is 0 Å². The second-order valence-corrected chi connectivity index (χ2v) is 8.06. The van der Waals surface area contributed by atoms with Crippen molar-refractivity contribution < 1.29 is 47.6 Å². The zero-order chi connectivity index (χ0) is 16.8. The van der Waals surface area contributed by atoms with Crippen LogP contribution in [0.3, 0.4) is 0 Å². The van der Waals surface area contributed by atoms with Gasteiger partial charge < -0.3 is 9.66 Å². The molecule has 0 bridgehead atoms. The van der Waals surface area contributed by atoms with Gasteiger partial charge >= 0.3 is 29.6 Å². The molecule has 0 heterocycles. The number of hydrogen-bond donors (Lipinski definition) is 1. The van der Waals surface area contributed by atoms with Crippen LogP contribution in [0.5, 0.6) is 0 Å². The van der Waals surface area contributed by atoms with Crippen LogP contribution < -0.4 is 29.6 Å². The van der Waals surface area contributed by atoms with E-state index in [9.17, 15) is 18.1 Å². The van der Waals surface area contributed by atoms with E-state index in [1.165, 1.54) is 38.5 Å². The summed E-state index contributed by atoms with van der Waals surface area (Å²) in [5.74, 6) is 0. The molecule has 0 aromatic carbocycles. The van der Waals surface area contributed by atoms with E-state index in [1.54, 1.807) is 0 Å². The topological polar surface area (TPSA) is 77.4 Å². The molecule has 2 unspecified atom stereocenters. The van der Waals surface area contributed by atoms with Crippen LogP contribution in [-0.4, -0.2) is 29.4 Å². The molecule has 0 aliphatic rings. The van der Waals surface area contributed by atoms with Gasteiger partial charge in [-0.25, -0.2) is 8.42 Å². The molecular formula is C17H35NaO4S. The summed E-state index contributed by atoms with van der Waals surface area (Å²) < 4.78 is 33.6. The third kappa shape index (κ3) is 16.1. The van der Waals surface area contributed by atoms with Gasteiger partial charge in [0, 0.05) is 0 Å². The molecule has 0 fully saturated rings. The second kappa shape index (κ2) is 16.3. The molecule has 0 spiro atoms. The molecule has 0 saturated heterocycles. The minimum Gasteiger partial charge on any atom is -0.748 e. The molecule has 0 aliphatic heterocycles. The summed E-state index contributed by atoms with van der Waals surface area (Å²) in [4.78, 5) is 0. The molecule has 0 amide bonds. The molecule has 6 heteroatoms. The van der Waals surface area contributed by atoms with Gasteiger partial charge in [-0.15, -0.1) is 0 Å². The summed E-state index contributed by atoms with van der Waals surface area (Å²) in [6.07, 6.45) is 11.5. The molecule has 0 saturated carbocycles. The van der Waals surface area contributed by atoms with E-state index < -0.39 is 21.5 Å². The Morgan fingerprint density at radius 2 is 1.30 bits per heavy atom. The summed E-state index contributed by atoms with van der Waals surface area (Å²) in [6.45, 7) is 4.17. The van der Waals surface area contributed by atoms with Gasteiger partial charge in [-0.05, 0) is 19.3 Å². The second-order valence-electron chi connectivity index (χ2n) is 6.41. The summed E-state index contributed by atoms with van der Waals surface area (Å²) in [6, 6.07) is 0. The smallest absolute Gasteiger partial charge is 0.748 e. The van der Waals surface area contributed by atoms with Crippen LogP contribution in [-0.2, 0) is 10.1 Å². The van der Waals surface area contributed by atoms with Crippen molar-refractivity contribution in [3.63, 3.8) is 0 Å². The van der Waals surface area contributed by atoms with Crippen LogP contribution in [0.4, 0.5) is 0 Å². The number of rotatable bonds is 15. The predicted octanol–water partition coefficient (Wildman–Crippen LogP) is 1.38. The van der Waals surface area contributed by atoms with Gasteiger partial charge in [0.15, 0.2) is 0 Å². The van der Waals surface area contributed by atoms with Gasteiger partial charge in [0.05, 0.1) is 21.5 Å². The van der Waals surface area contributed by atoms with Crippen LogP contribution in [0.1, 0.15) is 97.3 Å². The Morgan fingerprint density at radius 3 is 1.78 bits per heavy atom. The van der Waals surface area contributed by atoms with E-state index in [0.29, 0.717) is 12.8 Å². The molecule has 1 N–H and O–H groups in total. The van der Waals surface area contributed by atoms with E-state index in [0.717, 1.165) is 25.7 Å². The molecule has 2 atom stereocenters. The van der Waals surface area contributed by atoms with Crippen molar-refractivity contribution in [1.29, 1.82) is 0 Å². The van der Waals surface area contributed by atoms with Crippen molar-refractivity contribution in [3.8, 4) is 0 Å². The first-order valence-corrected chi connectivity index (χ1v) is 10.5. The Morgan fingerprint density at radius 1 is 0.826 bits per heavy atom. The Bertz CT molecular complexity index is 347. The normalized spacial score (nSPS) is 14.3. The van der Waals surface area contributed by atoms with Crippen molar-refractivity contribution in [2.24, 2.45) is 0 Å². The maximum absolute atomic E-state index is 11.2. The molecule has 0 aromatic heterocycles. The molecule has 0 rings (SSSR count). The number of aliphatic hydroxyl groups excluding tert-OH is 1. The molecule has 4 nitrogen and oxygen atoms in total. The largest absolute Gasteiger partial charge is 1.00 e. The standard InChI is InChI=1S/C17H36O4S.Na/c1-3-5-7-8-9-10-11-12-13-16(18)15-17(14-6-4-2)22(19,20)21;/h16-18H,3-15H2,1-2H3,(H,19,20,21);/q;+1/p-1. The molecule has 134 valence electrons. The number of aliphatic hydroxyl groups is 1. The average molecular weight is 359 g/mol. The molecular weight excluding hydrogens is 323 g/mol. The first-order valence-electron chi connectivity index (χ1n) is 9.04. The molecule has 0 aromatic rings. The maximum atomic E-state index is 11.2. The third-order valence-corrected chi connectivity index (χ3v) is 5.46. The fraction of sp³-hybridized carbons (Fsp3) is 1.00. The van der Waals surface area contributed by atoms with E-state index in [1.807, 2.05) is 6.92 Å². The summed E-state index contributed by atoms with van der Waals surface area (Å²) in [5.41, 5.74) is 0. The molecule has 23 heavy (non-hydrogen) atoms. The number of hydrogen-bond acceptors (Lipinski definition) is 4. The number of unbranched alkanes of at least 4 members (excludes halogenated alkanes) is 8. The van der Waals surface area contributed by atoms with Gasteiger partial charge in [-0.1, -0.05) is 78.1 Å². The van der Waals surface area contributed by atoms with Crippen LogP contribution in [0.15, 0.2) is 0 Å². The molecule has 0 aliphatic carbocycles. The van der Waals surface area contributed by atoms with Crippen LogP contribution in [0.2, 0.25) is 0 Å². The van der Waals surface area contributed by atoms with Crippen molar-refractivity contribution in [3.05, 3.63) is 0 Å². The average Bonchev–Trinajstić information content (AvgIpc) is 2.45. The Labute approximate surface area is 165 Å². The molecule has 0 radical (unpaired) electrons. The monoisotopic (exact) mass is 358 g/mol. The first-order chi connectivity index (χ1) is 10.4. The predicted molar refractivity (Wildman–Crippen MR) is 90.9 cm³/mol. The van der Waals surface area contributed by atoms with E-state index in [2.05, 4.69) is 6.92 Å². The van der Waals surface area contributed by atoms with Gasteiger partial charge in [-0.3, -0.25) is 0 Å². The Kier molecular flexibility index (Phi) is 18.5. The van der Waals surface area contributed by atoms with E-state index >= 15 is 0 Å². The van der Waals surface area contributed by atoms with Crippen molar-refractivity contribution in [2.75, 3.05) is 0 Å². The van der Waals surface area contributed by atoms with Gasteiger partial charge in [-0.2, -0.15) is 0 Å². The zero-order valence-corrected chi connectivity index (χ0v) is 18.2.